The molecule has 0 saturated carbocycles. The largest absolute Gasteiger partial charge is 0.497 e. The van der Waals surface area contributed by atoms with Crippen molar-refractivity contribution in [1.82, 2.24) is 9.88 Å². The first-order chi connectivity index (χ1) is 18.2. The molecule has 1 amide bonds. The van der Waals surface area contributed by atoms with Crippen LogP contribution in [-0.2, 0) is 24.2 Å². The van der Waals surface area contributed by atoms with E-state index >= 15 is 0 Å². The number of rotatable bonds is 10. The SMILES string of the molecule is CCCCCc1ccc(C(=O)N2CCc3c([nH]c4ccc(OC)cc34)C2COCc2ccccc2)cc1. The van der Waals surface area contributed by atoms with Crippen molar-refractivity contribution in [2.75, 3.05) is 20.3 Å². The van der Waals surface area contributed by atoms with Crippen molar-refractivity contribution >= 4 is 16.8 Å². The van der Waals surface area contributed by atoms with E-state index in [1.807, 2.05) is 41.3 Å². The number of aromatic nitrogens is 1. The molecule has 2 heterocycles. The van der Waals surface area contributed by atoms with Gasteiger partial charge in [-0.3, -0.25) is 4.79 Å². The van der Waals surface area contributed by atoms with E-state index in [9.17, 15) is 4.79 Å². The van der Waals surface area contributed by atoms with E-state index in [1.54, 1.807) is 7.11 Å². The average molecular weight is 497 g/mol. The monoisotopic (exact) mass is 496 g/mol. The first-order valence-corrected chi connectivity index (χ1v) is 13.4. The molecule has 0 aliphatic carbocycles. The lowest BCUT2D eigenvalue weighted by Crippen LogP contribution is -2.42. The van der Waals surface area contributed by atoms with E-state index in [0.29, 0.717) is 19.8 Å². The Morgan fingerprint density at radius 3 is 2.57 bits per heavy atom. The first kappa shape index (κ1) is 25.1. The average Bonchev–Trinajstić information content (AvgIpc) is 3.32. The van der Waals surface area contributed by atoms with Gasteiger partial charge in [0.2, 0.25) is 0 Å². The predicted molar refractivity (Wildman–Crippen MR) is 148 cm³/mol. The maximum absolute atomic E-state index is 13.8. The minimum Gasteiger partial charge on any atom is -0.497 e. The van der Waals surface area contributed by atoms with Gasteiger partial charge in [0, 0.05) is 28.7 Å². The van der Waals surface area contributed by atoms with Crippen LogP contribution >= 0.6 is 0 Å². The number of methoxy groups -OCH3 is 1. The Balaban J connectivity index is 1.41. The number of carbonyl (C=O) groups excluding carboxylic acids is 1. The Morgan fingerprint density at radius 2 is 1.81 bits per heavy atom. The van der Waals surface area contributed by atoms with E-state index in [1.165, 1.54) is 30.4 Å². The number of nitrogens with zero attached hydrogens (tertiary/aromatic N) is 1. The highest BCUT2D eigenvalue weighted by atomic mass is 16.5. The third-order valence-corrected chi connectivity index (χ3v) is 7.38. The molecule has 0 spiro atoms. The molecule has 0 saturated heterocycles. The van der Waals surface area contributed by atoms with Gasteiger partial charge >= 0.3 is 0 Å². The van der Waals surface area contributed by atoms with Gasteiger partial charge in [-0.15, -0.1) is 0 Å². The minimum atomic E-state index is -0.192. The molecule has 0 fully saturated rings. The van der Waals surface area contributed by atoms with Crippen molar-refractivity contribution in [2.24, 2.45) is 0 Å². The van der Waals surface area contributed by atoms with Crippen molar-refractivity contribution in [2.45, 2.75) is 51.7 Å². The van der Waals surface area contributed by atoms with Gasteiger partial charge in [-0.05, 0) is 66.3 Å². The number of aryl methyl sites for hydroxylation is 1. The van der Waals surface area contributed by atoms with Crippen molar-refractivity contribution in [3.63, 3.8) is 0 Å². The predicted octanol–water partition coefficient (Wildman–Crippen LogP) is 6.87. The zero-order valence-electron chi connectivity index (χ0n) is 21.8. The first-order valence-electron chi connectivity index (χ1n) is 13.4. The van der Waals surface area contributed by atoms with Crippen LogP contribution in [0.2, 0.25) is 0 Å². The van der Waals surface area contributed by atoms with E-state index in [2.05, 4.69) is 48.3 Å². The lowest BCUT2D eigenvalue weighted by Gasteiger charge is -2.36. The van der Waals surface area contributed by atoms with Crippen LogP contribution in [-0.4, -0.2) is 36.1 Å². The van der Waals surface area contributed by atoms with Gasteiger partial charge in [-0.25, -0.2) is 0 Å². The second-order valence-corrected chi connectivity index (χ2v) is 9.85. The number of nitrogens with one attached hydrogen (secondary N) is 1. The molecule has 3 aromatic carbocycles. The molecule has 192 valence electrons. The fourth-order valence-corrected chi connectivity index (χ4v) is 5.31. The van der Waals surface area contributed by atoms with Gasteiger partial charge in [0.15, 0.2) is 0 Å². The fraction of sp³-hybridized carbons (Fsp3) is 0.344. The van der Waals surface area contributed by atoms with Crippen LogP contribution in [0.4, 0.5) is 0 Å². The normalized spacial score (nSPS) is 15.1. The van der Waals surface area contributed by atoms with Gasteiger partial charge in [0.25, 0.3) is 5.91 Å². The highest BCUT2D eigenvalue weighted by Gasteiger charge is 2.34. The van der Waals surface area contributed by atoms with Gasteiger partial charge in [-0.1, -0.05) is 62.2 Å². The Kier molecular flexibility index (Phi) is 7.90. The van der Waals surface area contributed by atoms with Crippen molar-refractivity contribution < 1.29 is 14.3 Å². The summed E-state index contributed by atoms with van der Waals surface area (Å²) in [5.41, 5.74) is 6.51. The van der Waals surface area contributed by atoms with E-state index in [-0.39, 0.29) is 11.9 Å². The van der Waals surface area contributed by atoms with Crippen LogP contribution in [0.25, 0.3) is 10.9 Å². The fourth-order valence-electron chi connectivity index (χ4n) is 5.31. The lowest BCUT2D eigenvalue weighted by molar-refractivity contribution is 0.0339. The van der Waals surface area contributed by atoms with Crippen LogP contribution in [0.15, 0.2) is 72.8 Å². The van der Waals surface area contributed by atoms with E-state index in [0.717, 1.165) is 46.3 Å². The summed E-state index contributed by atoms with van der Waals surface area (Å²) in [6.45, 7) is 3.80. The number of ether oxygens (including phenoxy) is 2. The number of benzene rings is 3. The van der Waals surface area contributed by atoms with Crippen LogP contribution in [0.5, 0.6) is 5.75 Å². The molecule has 0 radical (unpaired) electrons. The molecule has 1 aliphatic rings. The number of hydrogen-bond donors (Lipinski definition) is 1. The van der Waals surface area contributed by atoms with Crippen molar-refractivity contribution in [1.29, 1.82) is 0 Å². The molecule has 0 bridgehead atoms. The van der Waals surface area contributed by atoms with Crippen molar-refractivity contribution in [3.8, 4) is 5.75 Å². The molecule has 37 heavy (non-hydrogen) atoms. The Hall–Kier alpha value is -3.57. The highest BCUT2D eigenvalue weighted by Crippen LogP contribution is 2.37. The Labute approximate surface area is 219 Å². The third kappa shape index (κ3) is 5.57. The Bertz CT molecular complexity index is 1330. The lowest BCUT2D eigenvalue weighted by atomic mass is 9.96. The molecule has 4 aromatic rings. The van der Waals surface area contributed by atoms with Gasteiger partial charge < -0.3 is 19.4 Å². The summed E-state index contributed by atoms with van der Waals surface area (Å²) in [7, 11) is 1.69. The smallest absolute Gasteiger partial charge is 0.254 e. The molecule has 1 aliphatic heterocycles. The summed E-state index contributed by atoms with van der Waals surface area (Å²) in [5, 5.41) is 1.16. The molecule has 5 nitrogen and oxygen atoms in total. The molecule has 1 N–H and O–H groups in total. The van der Waals surface area contributed by atoms with Gasteiger partial charge in [-0.2, -0.15) is 0 Å². The summed E-state index contributed by atoms with van der Waals surface area (Å²) in [4.78, 5) is 19.4. The quantitative estimate of drug-likeness (QED) is 0.244. The van der Waals surface area contributed by atoms with Gasteiger partial charge in [0.05, 0.1) is 26.4 Å². The molecule has 1 atom stereocenters. The maximum atomic E-state index is 13.8. The summed E-state index contributed by atoms with van der Waals surface area (Å²) in [6, 6.07) is 24.3. The van der Waals surface area contributed by atoms with Crippen LogP contribution in [0, 0.1) is 0 Å². The number of hydrogen-bond acceptors (Lipinski definition) is 3. The molecule has 1 unspecified atom stereocenters. The maximum Gasteiger partial charge on any atom is 0.254 e. The van der Waals surface area contributed by atoms with Gasteiger partial charge in [0.1, 0.15) is 5.75 Å². The molecule has 5 heteroatoms. The number of fused-ring (bicyclic) bond motifs is 3. The minimum absolute atomic E-state index is 0.0512. The number of H-pyrrole nitrogens is 1. The third-order valence-electron chi connectivity index (χ3n) is 7.38. The molecule has 1 aromatic heterocycles. The van der Waals surface area contributed by atoms with Crippen LogP contribution < -0.4 is 4.74 Å². The molecular weight excluding hydrogens is 460 g/mol. The number of aromatic amines is 1. The summed E-state index contributed by atoms with van der Waals surface area (Å²) in [6.07, 6.45) is 5.48. The highest BCUT2D eigenvalue weighted by molar-refractivity contribution is 5.95. The number of amides is 1. The zero-order chi connectivity index (χ0) is 25.6. The number of unbranched alkanes of at least 4 members (excludes halogenated alkanes) is 2. The van der Waals surface area contributed by atoms with Crippen molar-refractivity contribution in [3.05, 3.63) is 101 Å². The standard InChI is InChI=1S/C32H36N2O3/c1-3-4-6-9-23-12-14-25(15-13-23)32(35)34-19-18-27-28-20-26(36-2)16-17-29(28)33-31(27)30(34)22-37-21-24-10-7-5-8-11-24/h5,7-8,10-17,20,30,33H,3-4,6,9,18-19,21-22H2,1-2H3. The second kappa shape index (κ2) is 11.7. The Morgan fingerprint density at radius 1 is 1.00 bits per heavy atom. The van der Waals surface area contributed by atoms with E-state index in [4.69, 9.17) is 9.47 Å². The van der Waals surface area contributed by atoms with Crippen LogP contribution in [0.3, 0.4) is 0 Å². The molecular formula is C32H36N2O3. The van der Waals surface area contributed by atoms with E-state index < -0.39 is 0 Å². The number of carbonyl (C=O) groups is 1. The second-order valence-electron chi connectivity index (χ2n) is 9.85. The molecule has 5 rings (SSSR count). The summed E-state index contributed by atoms with van der Waals surface area (Å²) < 4.78 is 11.7. The summed E-state index contributed by atoms with van der Waals surface area (Å²) >= 11 is 0. The zero-order valence-corrected chi connectivity index (χ0v) is 21.8. The topological polar surface area (TPSA) is 54.6 Å². The van der Waals surface area contributed by atoms with Crippen LogP contribution in [0.1, 0.15) is 65.0 Å². The summed E-state index contributed by atoms with van der Waals surface area (Å²) in [5.74, 6) is 0.888.